The van der Waals surface area contributed by atoms with Gasteiger partial charge in [-0.1, -0.05) is 64.5 Å². The van der Waals surface area contributed by atoms with Gasteiger partial charge in [-0.05, 0) is 118 Å². The minimum Gasteiger partial charge on any atom is -0.315 e. The first-order valence-corrected chi connectivity index (χ1v) is 15.6. The van der Waals surface area contributed by atoms with Gasteiger partial charge in [0.05, 0.1) is 11.6 Å². The average molecular weight is 572 g/mol. The second-order valence-electron chi connectivity index (χ2n) is 13.0. The molecule has 4 bridgehead atoms. The molecule has 0 aromatic heterocycles. The SMILES string of the molecule is N#Cc1ccc(-c2ccc(C3CNC3)c3c2C2(c4cc(Br)ccc4-3)C3CC4CC(C3)CC2C4)c2ccccc12. The van der Waals surface area contributed by atoms with Crippen molar-refractivity contribution in [3.63, 3.8) is 0 Å². The van der Waals surface area contributed by atoms with Gasteiger partial charge in [-0.25, -0.2) is 0 Å². The standard InChI is InChI=1S/C36H31BrN2/c37-26-6-8-32-33(16-26)36(24-12-20-11-21(14-24)15-25(36)13-20)35-31(10-9-28(34(32)35)23-18-39-19-23)30-7-5-22(17-38)27-3-1-2-4-29(27)30/h1-10,16,20-21,23-25,39H,11-15,18-19H2. The number of nitrogens with zero attached hydrogens (tertiary/aromatic N) is 1. The number of nitrogens with one attached hydrogen (secondary N) is 1. The summed E-state index contributed by atoms with van der Waals surface area (Å²) in [6, 6.07) is 27.4. The van der Waals surface area contributed by atoms with Gasteiger partial charge in [-0.15, -0.1) is 0 Å². The lowest BCUT2D eigenvalue weighted by atomic mass is 9.42. The van der Waals surface area contributed by atoms with Crippen molar-refractivity contribution in [2.75, 3.05) is 13.1 Å². The zero-order valence-corrected chi connectivity index (χ0v) is 23.6. The van der Waals surface area contributed by atoms with Crippen LogP contribution in [0.25, 0.3) is 33.0 Å². The Labute approximate surface area is 238 Å². The molecule has 4 saturated carbocycles. The predicted octanol–water partition coefficient (Wildman–Crippen LogP) is 8.55. The summed E-state index contributed by atoms with van der Waals surface area (Å²) >= 11 is 3.90. The first-order valence-electron chi connectivity index (χ1n) is 14.8. The van der Waals surface area contributed by atoms with E-state index < -0.39 is 0 Å². The molecule has 192 valence electrons. The van der Waals surface area contributed by atoms with Crippen molar-refractivity contribution in [1.82, 2.24) is 5.32 Å². The largest absolute Gasteiger partial charge is 0.315 e. The van der Waals surface area contributed by atoms with Gasteiger partial charge >= 0.3 is 0 Å². The van der Waals surface area contributed by atoms with Crippen LogP contribution >= 0.6 is 15.9 Å². The van der Waals surface area contributed by atoms with Gasteiger partial charge in [0.1, 0.15) is 0 Å². The van der Waals surface area contributed by atoms with E-state index in [2.05, 4.69) is 94.0 Å². The maximum absolute atomic E-state index is 9.90. The number of fused-ring (bicyclic) bond motifs is 4. The van der Waals surface area contributed by atoms with E-state index in [1.165, 1.54) is 58.7 Å². The summed E-state index contributed by atoms with van der Waals surface area (Å²) in [6.45, 7) is 2.14. The fraction of sp³-hybridized carbons (Fsp3) is 0.361. The Bertz CT molecular complexity index is 1710. The summed E-state index contributed by atoms with van der Waals surface area (Å²) in [7, 11) is 0. The number of hydrogen-bond donors (Lipinski definition) is 1. The molecule has 2 nitrogen and oxygen atoms in total. The molecule has 6 aliphatic rings. The molecular weight excluding hydrogens is 540 g/mol. The Kier molecular flexibility index (Phi) is 4.72. The highest BCUT2D eigenvalue weighted by Gasteiger charge is 2.62. The third kappa shape index (κ3) is 2.90. The number of benzene rings is 4. The maximum Gasteiger partial charge on any atom is 0.0998 e. The predicted molar refractivity (Wildman–Crippen MR) is 161 cm³/mol. The van der Waals surface area contributed by atoms with Crippen LogP contribution in [0.4, 0.5) is 0 Å². The summed E-state index contributed by atoms with van der Waals surface area (Å²) in [6.07, 6.45) is 6.97. The van der Waals surface area contributed by atoms with Crippen LogP contribution in [0.2, 0.25) is 0 Å². The van der Waals surface area contributed by atoms with Crippen LogP contribution in [-0.2, 0) is 5.41 Å². The second-order valence-corrected chi connectivity index (χ2v) is 13.9. The molecule has 1 spiro atoms. The van der Waals surface area contributed by atoms with Crippen LogP contribution in [0.3, 0.4) is 0 Å². The molecule has 0 atom stereocenters. The summed E-state index contributed by atoms with van der Waals surface area (Å²) in [5.74, 6) is 3.82. The van der Waals surface area contributed by atoms with Crippen molar-refractivity contribution < 1.29 is 0 Å². The van der Waals surface area contributed by atoms with Crippen molar-refractivity contribution in [3.8, 4) is 28.3 Å². The van der Waals surface area contributed by atoms with Crippen molar-refractivity contribution in [2.45, 2.75) is 43.4 Å². The van der Waals surface area contributed by atoms with Crippen LogP contribution in [0.1, 0.15) is 60.3 Å². The molecule has 0 amide bonds. The molecule has 1 heterocycles. The van der Waals surface area contributed by atoms with E-state index in [9.17, 15) is 5.26 Å². The fourth-order valence-electron chi connectivity index (χ4n) is 10.0. The molecule has 1 aliphatic heterocycles. The smallest absolute Gasteiger partial charge is 0.0998 e. The summed E-state index contributed by atoms with van der Waals surface area (Å²) in [4.78, 5) is 0. The van der Waals surface area contributed by atoms with Gasteiger partial charge in [0.15, 0.2) is 0 Å². The van der Waals surface area contributed by atoms with Gasteiger partial charge in [0.25, 0.3) is 0 Å². The maximum atomic E-state index is 9.90. The molecule has 3 heteroatoms. The van der Waals surface area contributed by atoms with Gasteiger partial charge in [0.2, 0.25) is 0 Å². The number of rotatable bonds is 2. The van der Waals surface area contributed by atoms with Crippen LogP contribution in [0.5, 0.6) is 0 Å². The van der Waals surface area contributed by atoms with Crippen LogP contribution < -0.4 is 5.32 Å². The lowest BCUT2D eigenvalue weighted by Gasteiger charge is -2.61. The molecule has 1 saturated heterocycles. The first-order chi connectivity index (χ1) is 19.2. The van der Waals surface area contributed by atoms with E-state index in [0.29, 0.717) is 17.8 Å². The highest BCUT2D eigenvalue weighted by Crippen LogP contribution is 2.71. The van der Waals surface area contributed by atoms with E-state index in [1.54, 1.807) is 22.3 Å². The molecule has 10 rings (SSSR count). The van der Waals surface area contributed by atoms with E-state index in [0.717, 1.165) is 35.9 Å². The Balaban J connectivity index is 1.41. The zero-order chi connectivity index (χ0) is 25.9. The summed E-state index contributed by atoms with van der Waals surface area (Å²) in [5, 5.41) is 15.7. The Hall–Kier alpha value is -2.93. The van der Waals surface area contributed by atoms with Crippen LogP contribution in [0.15, 0.2) is 71.2 Å². The Morgan fingerprint density at radius 1 is 0.769 bits per heavy atom. The highest BCUT2D eigenvalue weighted by molar-refractivity contribution is 9.10. The minimum atomic E-state index is 0.0827. The number of hydrogen-bond acceptors (Lipinski definition) is 2. The van der Waals surface area contributed by atoms with Crippen LogP contribution in [-0.4, -0.2) is 13.1 Å². The molecule has 5 fully saturated rings. The number of halogens is 1. The van der Waals surface area contributed by atoms with Crippen LogP contribution in [0, 0.1) is 35.0 Å². The second kappa shape index (κ2) is 8.06. The van der Waals surface area contributed by atoms with Gasteiger partial charge in [-0.2, -0.15) is 5.26 Å². The molecule has 4 aromatic carbocycles. The molecule has 4 aromatic rings. The van der Waals surface area contributed by atoms with E-state index in [4.69, 9.17) is 0 Å². The number of nitriles is 1. The molecule has 0 radical (unpaired) electrons. The first kappa shape index (κ1) is 22.8. The quantitative estimate of drug-likeness (QED) is 0.262. The van der Waals surface area contributed by atoms with E-state index >= 15 is 0 Å². The van der Waals surface area contributed by atoms with Crippen molar-refractivity contribution in [3.05, 3.63) is 93.5 Å². The fourth-order valence-corrected chi connectivity index (χ4v) is 10.4. The molecule has 5 aliphatic carbocycles. The molecular formula is C36H31BrN2. The van der Waals surface area contributed by atoms with E-state index in [-0.39, 0.29) is 5.41 Å². The summed E-state index contributed by atoms with van der Waals surface area (Å²) in [5.41, 5.74) is 11.3. The van der Waals surface area contributed by atoms with Gasteiger partial charge < -0.3 is 5.32 Å². The minimum absolute atomic E-state index is 0.0827. The monoisotopic (exact) mass is 570 g/mol. The third-order valence-electron chi connectivity index (χ3n) is 11.3. The van der Waals surface area contributed by atoms with E-state index in [1.807, 2.05) is 0 Å². The van der Waals surface area contributed by atoms with Crippen molar-refractivity contribution in [1.29, 1.82) is 5.26 Å². The molecule has 39 heavy (non-hydrogen) atoms. The van der Waals surface area contributed by atoms with Crippen molar-refractivity contribution >= 4 is 26.7 Å². The Morgan fingerprint density at radius 3 is 2.15 bits per heavy atom. The normalized spacial score (nSPS) is 29.8. The summed E-state index contributed by atoms with van der Waals surface area (Å²) < 4.78 is 1.21. The Morgan fingerprint density at radius 2 is 1.46 bits per heavy atom. The molecule has 0 unspecified atom stereocenters. The highest BCUT2D eigenvalue weighted by atomic mass is 79.9. The lowest BCUT2D eigenvalue weighted by Crippen LogP contribution is -2.55. The lowest BCUT2D eigenvalue weighted by molar-refractivity contribution is -0.0397. The third-order valence-corrected chi connectivity index (χ3v) is 11.8. The zero-order valence-electron chi connectivity index (χ0n) is 22.0. The molecule has 1 N–H and O–H groups in total. The van der Waals surface area contributed by atoms with Gasteiger partial charge in [-0.3, -0.25) is 0 Å². The average Bonchev–Trinajstić information content (AvgIpc) is 3.21. The van der Waals surface area contributed by atoms with Crippen molar-refractivity contribution in [2.24, 2.45) is 23.7 Å². The van der Waals surface area contributed by atoms with Gasteiger partial charge in [0, 0.05) is 34.3 Å². The topological polar surface area (TPSA) is 35.8 Å².